The number of fused-ring (bicyclic) bond motifs is 1. The lowest BCUT2D eigenvalue weighted by atomic mass is 10.2. The zero-order chi connectivity index (χ0) is 14.8. The average molecular weight is 338 g/mol. The minimum absolute atomic E-state index is 0.0593. The third kappa shape index (κ3) is 3.10. The van der Waals surface area contributed by atoms with Gasteiger partial charge in [0.25, 0.3) is 0 Å². The Kier molecular flexibility index (Phi) is 3.96. The van der Waals surface area contributed by atoms with Gasteiger partial charge in [-0.2, -0.15) is 5.10 Å². The molecule has 7 heteroatoms. The molecule has 0 fully saturated rings. The van der Waals surface area contributed by atoms with Crippen LogP contribution in [0.5, 0.6) is 5.75 Å². The number of thiazole rings is 1. The van der Waals surface area contributed by atoms with Gasteiger partial charge < -0.3 is 5.11 Å². The van der Waals surface area contributed by atoms with Crippen molar-refractivity contribution in [3.8, 4) is 5.75 Å². The second-order valence-corrected chi connectivity index (χ2v) is 6.06. The highest BCUT2D eigenvalue weighted by molar-refractivity contribution is 7.22. The summed E-state index contributed by atoms with van der Waals surface area (Å²) in [5.41, 5.74) is 4.17. The molecule has 2 aromatic carbocycles. The molecule has 4 nitrogen and oxygen atoms in total. The molecule has 0 unspecified atom stereocenters. The van der Waals surface area contributed by atoms with Crippen LogP contribution in [0.2, 0.25) is 10.0 Å². The normalized spacial score (nSPS) is 11.3. The van der Waals surface area contributed by atoms with E-state index in [4.69, 9.17) is 23.2 Å². The van der Waals surface area contributed by atoms with Gasteiger partial charge in [-0.15, -0.1) is 0 Å². The van der Waals surface area contributed by atoms with Crippen molar-refractivity contribution < 1.29 is 5.11 Å². The average Bonchev–Trinajstić information content (AvgIpc) is 2.86. The van der Waals surface area contributed by atoms with Crippen LogP contribution in [0.25, 0.3) is 10.2 Å². The zero-order valence-electron chi connectivity index (χ0n) is 10.5. The van der Waals surface area contributed by atoms with E-state index in [2.05, 4.69) is 15.5 Å². The lowest BCUT2D eigenvalue weighted by Gasteiger charge is -2.02. The molecule has 2 N–H and O–H groups in total. The predicted octanol–water partition coefficient (Wildman–Crippen LogP) is 4.75. The summed E-state index contributed by atoms with van der Waals surface area (Å²) in [7, 11) is 0. The van der Waals surface area contributed by atoms with E-state index in [0.717, 1.165) is 10.2 Å². The van der Waals surface area contributed by atoms with E-state index < -0.39 is 0 Å². The number of benzene rings is 2. The first-order chi connectivity index (χ1) is 10.1. The highest BCUT2D eigenvalue weighted by atomic mass is 35.5. The minimum Gasteiger partial charge on any atom is -0.506 e. The fourth-order valence-corrected chi connectivity index (χ4v) is 3.09. The Balaban J connectivity index is 1.81. The number of hydrogen-bond acceptors (Lipinski definition) is 5. The molecule has 0 aliphatic rings. The predicted molar refractivity (Wildman–Crippen MR) is 89.0 cm³/mol. The SMILES string of the molecule is Oc1c(Cl)cc(Cl)cc1/C=N\Nc1nc2ccccc2s1. The van der Waals surface area contributed by atoms with Crippen molar-refractivity contribution in [2.75, 3.05) is 5.43 Å². The molecule has 3 aromatic rings. The van der Waals surface area contributed by atoms with Crippen molar-refractivity contribution in [1.29, 1.82) is 0 Å². The molecule has 0 bridgehead atoms. The van der Waals surface area contributed by atoms with Gasteiger partial charge in [0, 0.05) is 10.6 Å². The number of aromatic nitrogens is 1. The highest BCUT2D eigenvalue weighted by Crippen LogP contribution is 2.30. The second kappa shape index (κ2) is 5.89. The van der Waals surface area contributed by atoms with Gasteiger partial charge in [-0.1, -0.05) is 46.7 Å². The highest BCUT2D eigenvalue weighted by Gasteiger charge is 2.06. The van der Waals surface area contributed by atoms with E-state index in [1.54, 1.807) is 6.07 Å². The molecule has 0 saturated heterocycles. The van der Waals surface area contributed by atoms with Gasteiger partial charge in [-0.3, -0.25) is 5.43 Å². The number of rotatable bonds is 3. The molecule has 0 atom stereocenters. The van der Waals surface area contributed by atoms with Crippen molar-refractivity contribution >= 4 is 56.1 Å². The molecule has 0 saturated carbocycles. The lowest BCUT2D eigenvalue weighted by Crippen LogP contribution is -1.90. The maximum absolute atomic E-state index is 9.81. The Labute approximate surface area is 134 Å². The third-order valence-electron chi connectivity index (χ3n) is 2.72. The van der Waals surface area contributed by atoms with Gasteiger partial charge in [-0.05, 0) is 24.3 Å². The number of phenolic OH excluding ortho intramolecular Hbond substituents is 1. The van der Waals surface area contributed by atoms with Crippen LogP contribution in [0.1, 0.15) is 5.56 Å². The van der Waals surface area contributed by atoms with Crippen LogP contribution in [0, 0.1) is 0 Å². The van der Waals surface area contributed by atoms with E-state index >= 15 is 0 Å². The van der Waals surface area contributed by atoms with E-state index in [-0.39, 0.29) is 10.8 Å². The molecule has 0 aliphatic carbocycles. The molecule has 0 amide bonds. The summed E-state index contributed by atoms with van der Waals surface area (Å²) in [5, 5.41) is 15.1. The van der Waals surface area contributed by atoms with Crippen LogP contribution in [-0.2, 0) is 0 Å². The largest absolute Gasteiger partial charge is 0.506 e. The van der Waals surface area contributed by atoms with Crippen LogP contribution in [0.4, 0.5) is 5.13 Å². The molecule has 1 heterocycles. The number of phenols is 1. The molecule has 21 heavy (non-hydrogen) atoms. The number of para-hydroxylation sites is 1. The van der Waals surface area contributed by atoms with Gasteiger partial charge in [0.15, 0.2) is 0 Å². The molecule has 106 valence electrons. The maximum Gasteiger partial charge on any atom is 0.204 e. The van der Waals surface area contributed by atoms with Gasteiger partial charge in [0.1, 0.15) is 5.75 Å². The Morgan fingerprint density at radius 1 is 1.24 bits per heavy atom. The van der Waals surface area contributed by atoms with Crippen LogP contribution >= 0.6 is 34.5 Å². The topological polar surface area (TPSA) is 57.5 Å². The molecular formula is C14H9Cl2N3OS. The summed E-state index contributed by atoms with van der Waals surface area (Å²) in [5.74, 6) is -0.0593. The Morgan fingerprint density at radius 3 is 2.86 bits per heavy atom. The molecule has 0 aliphatic heterocycles. The van der Waals surface area contributed by atoms with Crippen molar-refractivity contribution in [2.24, 2.45) is 5.10 Å². The Morgan fingerprint density at radius 2 is 2.05 bits per heavy atom. The lowest BCUT2D eigenvalue weighted by molar-refractivity contribution is 0.475. The first kappa shape index (κ1) is 14.1. The fraction of sp³-hybridized carbons (Fsp3) is 0. The summed E-state index contributed by atoms with van der Waals surface area (Å²) in [6.45, 7) is 0. The van der Waals surface area contributed by atoms with Gasteiger partial charge >= 0.3 is 0 Å². The summed E-state index contributed by atoms with van der Waals surface area (Å²) < 4.78 is 1.07. The zero-order valence-corrected chi connectivity index (χ0v) is 12.9. The Bertz CT molecular complexity index is 799. The van der Waals surface area contributed by atoms with E-state index in [9.17, 15) is 5.11 Å². The smallest absolute Gasteiger partial charge is 0.204 e. The van der Waals surface area contributed by atoms with E-state index in [0.29, 0.717) is 15.7 Å². The first-order valence-corrected chi connectivity index (χ1v) is 7.53. The van der Waals surface area contributed by atoms with Crippen LogP contribution < -0.4 is 5.43 Å². The van der Waals surface area contributed by atoms with Crippen molar-refractivity contribution in [3.63, 3.8) is 0 Å². The summed E-state index contributed by atoms with van der Waals surface area (Å²) >= 11 is 13.2. The quantitative estimate of drug-likeness (QED) is 0.535. The van der Waals surface area contributed by atoms with Crippen molar-refractivity contribution in [2.45, 2.75) is 0 Å². The first-order valence-electron chi connectivity index (χ1n) is 5.96. The van der Waals surface area contributed by atoms with Crippen molar-refractivity contribution in [1.82, 2.24) is 4.98 Å². The van der Waals surface area contributed by atoms with Crippen LogP contribution in [0.15, 0.2) is 41.5 Å². The third-order valence-corrected chi connectivity index (χ3v) is 4.16. The number of halogens is 2. The second-order valence-electron chi connectivity index (χ2n) is 4.18. The standard InChI is InChI=1S/C14H9Cl2N3OS/c15-9-5-8(13(20)10(16)6-9)7-17-19-14-18-11-3-1-2-4-12(11)21-14/h1-7,20H,(H,18,19)/b17-7-. The van der Waals surface area contributed by atoms with Gasteiger partial charge in [0.05, 0.1) is 21.5 Å². The number of hydrazone groups is 1. The number of nitrogens with one attached hydrogen (secondary N) is 1. The van der Waals surface area contributed by atoms with Gasteiger partial charge in [0.2, 0.25) is 5.13 Å². The molecular weight excluding hydrogens is 329 g/mol. The molecule has 0 radical (unpaired) electrons. The number of nitrogens with zero attached hydrogens (tertiary/aromatic N) is 2. The monoisotopic (exact) mass is 337 g/mol. The van der Waals surface area contributed by atoms with Crippen molar-refractivity contribution in [3.05, 3.63) is 52.0 Å². The molecule has 0 spiro atoms. The van der Waals surface area contributed by atoms with Crippen LogP contribution in [-0.4, -0.2) is 16.3 Å². The van der Waals surface area contributed by atoms with E-state index in [1.807, 2.05) is 24.3 Å². The Hall–Kier alpha value is -1.82. The minimum atomic E-state index is -0.0593. The van der Waals surface area contributed by atoms with E-state index in [1.165, 1.54) is 23.6 Å². The summed E-state index contributed by atoms with van der Waals surface area (Å²) in [6.07, 6.45) is 1.44. The van der Waals surface area contributed by atoms with Crippen LogP contribution in [0.3, 0.4) is 0 Å². The molecule has 3 rings (SSSR count). The maximum atomic E-state index is 9.81. The summed E-state index contributed by atoms with van der Waals surface area (Å²) in [4.78, 5) is 4.38. The molecule has 1 aromatic heterocycles. The fourth-order valence-electron chi connectivity index (χ4n) is 1.76. The number of aromatic hydroxyl groups is 1. The number of hydrogen-bond donors (Lipinski definition) is 2. The number of anilines is 1. The van der Waals surface area contributed by atoms with Gasteiger partial charge in [-0.25, -0.2) is 4.98 Å². The summed E-state index contributed by atoms with van der Waals surface area (Å²) in [6, 6.07) is 10.9.